The van der Waals surface area contributed by atoms with E-state index in [0.29, 0.717) is 52.0 Å². The second-order valence-electron chi connectivity index (χ2n) is 14.5. The van der Waals surface area contributed by atoms with Crippen LogP contribution in [0, 0.1) is 11.2 Å². The minimum absolute atomic E-state index is 0.169. The molecule has 11 heteroatoms. The van der Waals surface area contributed by atoms with E-state index in [4.69, 9.17) is 4.74 Å². The third-order valence-corrected chi connectivity index (χ3v) is 11.4. The average molecular weight is 684 g/mol. The van der Waals surface area contributed by atoms with Gasteiger partial charge in [0.25, 0.3) is 11.5 Å². The lowest BCUT2D eigenvalue weighted by Gasteiger charge is -2.30. The van der Waals surface area contributed by atoms with E-state index in [1.165, 1.54) is 39.6 Å². The summed E-state index contributed by atoms with van der Waals surface area (Å²) in [6.07, 6.45) is 8.21. The number of halogens is 1. The van der Waals surface area contributed by atoms with Crippen LogP contribution in [-0.2, 0) is 42.4 Å². The molecular formula is C38H42FN5O4S. The fourth-order valence-corrected chi connectivity index (χ4v) is 9.16. The van der Waals surface area contributed by atoms with Crippen molar-refractivity contribution in [3.8, 4) is 11.1 Å². The molecule has 0 radical (unpaired) electrons. The summed E-state index contributed by atoms with van der Waals surface area (Å²) < 4.78 is 22.5. The first-order chi connectivity index (χ1) is 23.4. The van der Waals surface area contributed by atoms with Crippen LogP contribution >= 0.6 is 11.3 Å². The molecular weight excluding hydrogens is 642 g/mol. The molecule has 0 bridgehead atoms. The molecule has 1 fully saturated rings. The van der Waals surface area contributed by atoms with Crippen molar-refractivity contribution in [2.24, 2.45) is 12.5 Å². The van der Waals surface area contributed by atoms with Crippen LogP contribution in [0.2, 0.25) is 0 Å². The molecule has 0 atom stereocenters. The van der Waals surface area contributed by atoms with Crippen LogP contribution in [0.4, 0.5) is 21.6 Å². The smallest absolute Gasteiger partial charge is 0.302 e. The fraction of sp³-hybridized carbons (Fsp3) is 0.421. The number of likely N-dealkylation sites (tertiary alicyclic amines) is 1. The lowest BCUT2D eigenvalue weighted by atomic mass is 9.89. The van der Waals surface area contributed by atoms with E-state index in [0.717, 1.165) is 44.3 Å². The van der Waals surface area contributed by atoms with Crippen LogP contribution in [0.1, 0.15) is 76.3 Å². The molecule has 0 unspecified atom stereocenters. The molecule has 2 aliphatic heterocycles. The van der Waals surface area contributed by atoms with E-state index >= 15 is 4.39 Å². The number of carbonyl (C=O) groups is 2. The highest BCUT2D eigenvalue weighted by Gasteiger charge is 2.39. The van der Waals surface area contributed by atoms with Crippen molar-refractivity contribution in [2.45, 2.75) is 65.4 Å². The van der Waals surface area contributed by atoms with Crippen LogP contribution in [-0.4, -0.2) is 53.0 Å². The van der Waals surface area contributed by atoms with Crippen molar-refractivity contribution in [2.75, 3.05) is 36.9 Å². The van der Waals surface area contributed by atoms with Gasteiger partial charge in [0.15, 0.2) is 0 Å². The Morgan fingerprint density at radius 1 is 1.08 bits per heavy atom. The summed E-state index contributed by atoms with van der Waals surface area (Å²) in [5, 5.41) is 3.17. The van der Waals surface area contributed by atoms with Gasteiger partial charge in [0.05, 0.1) is 10.6 Å². The molecule has 9 nitrogen and oxygen atoms in total. The van der Waals surface area contributed by atoms with Crippen molar-refractivity contribution < 1.29 is 18.7 Å². The third kappa shape index (κ3) is 6.53. The van der Waals surface area contributed by atoms with Gasteiger partial charge in [0, 0.05) is 48.9 Å². The molecule has 3 aliphatic rings. The number of esters is 1. The Morgan fingerprint density at radius 3 is 2.57 bits per heavy atom. The maximum atomic E-state index is 15.6. The summed E-state index contributed by atoms with van der Waals surface area (Å²) in [5.74, 6) is -0.231. The monoisotopic (exact) mass is 683 g/mol. The summed E-state index contributed by atoms with van der Waals surface area (Å²) >= 11 is 1.55. The van der Waals surface area contributed by atoms with E-state index in [9.17, 15) is 14.4 Å². The summed E-state index contributed by atoms with van der Waals surface area (Å²) in [4.78, 5) is 50.0. The number of carbonyl (C=O) groups excluding carboxylic acids is 2. The van der Waals surface area contributed by atoms with Crippen molar-refractivity contribution in [1.82, 2.24) is 14.5 Å². The van der Waals surface area contributed by atoms with Gasteiger partial charge in [-0.05, 0) is 110 Å². The van der Waals surface area contributed by atoms with E-state index in [1.807, 2.05) is 12.3 Å². The van der Waals surface area contributed by atoms with E-state index in [1.54, 1.807) is 35.5 Å². The van der Waals surface area contributed by atoms with Gasteiger partial charge in [-0.25, -0.2) is 9.37 Å². The minimum atomic E-state index is -0.542. The summed E-state index contributed by atoms with van der Waals surface area (Å²) in [6, 6.07) is 8.30. The zero-order valence-corrected chi connectivity index (χ0v) is 29.5. The number of piperidine rings is 1. The average Bonchev–Trinajstić information content (AvgIpc) is 3.55. The number of hydrogen-bond acceptors (Lipinski definition) is 8. The predicted octanol–water partition coefficient (Wildman–Crippen LogP) is 6.59. The molecule has 4 aromatic rings. The number of amides is 1. The van der Waals surface area contributed by atoms with Crippen LogP contribution in [0.5, 0.6) is 0 Å². The highest BCUT2D eigenvalue weighted by molar-refractivity contribution is 7.14. The zero-order chi connectivity index (χ0) is 34.6. The second kappa shape index (κ2) is 12.8. The van der Waals surface area contributed by atoms with Crippen LogP contribution in [0.3, 0.4) is 0 Å². The summed E-state index contributed by atoms with van der Waals surface area (Å²) in [6.45, 7) is 8.13. The fourth-order valence-electron chi connectivity index (χ4n) is 7.59. The number of rotatable bonds is 7. The van der Waals surface area contributed by atoms with E-state index in [-0.39, 0.29) is 29.2 Å². The van der Waals surface area contributed by atoms with E-state index in [2.05, 4.69) is 42.2 Å². The number of fused-ring (bicyclic) bond motifs is 3. The SMILES string of the molecule is CC(=O)OCc1c(-c2cc(Nc3ccc(C4CCN(C)CC4)cn3)c(=O)n(C)c2)cc(F)cc1N1CCc2c(sc3c2CC(C)(C)C3)C1=O. The largest absolute Gasteiger partial charge is 0.461 e. The van der Waals surface area contributed by atoms with Gasteiger partial charge in [0.2, 0.25) is 0 Å². The molecule has 0 spiro atoms. The van der Waals surface area contributed by atoms with Gasteiger partial charge in [-0.15, -0.1) is 11.3 Å². The quantitative estimate of drug-likeness (QED) is 0.220. The van der Waals surface area contributed by atoms with Gasteiger partial charge < -0.3 is 24.4 Å². The van der Waals surface area contributed by atoms with Crippen molar-refractivity contribution in [3.05, 3.63) is 90.9 Å². The second-order valence-corrected chi connectivity index (χ2v) is 15.6. The first kappa shape index (κ1) is 33.2. The Bertz CT molecular complexity index is 2010. The van der Waals surface area contributed by atoms with Crippen LogP contribution < -0.4 is 15.8 Å². The highest BCUT2D eigenvalue weighted by atomic mass is 32.1. The number of hydrogen-bond donors (Lipinski definition) is 1. The lowest BCUT2D eigenvalue weighted by molar-refractivity contribution is -0.142. The number of benzene rings is 1. The number of nitrogens with one attached hydrogen (secondary N) is 1. The normalized spacial score (nSPS) is 17.6. The molecule has 3 aromatic heterocycles. The summed E-state index contributed by atoms with van der Waals surface area (Å²) in [7, 11) is 3.77. The molecule has 0 saturated carbocycles. The number of aromatic nitrogens is 2. The van der Waals surface area contributed by atoms with Crippen molar-refractivity contribution >= 4 is 40.4 Å². The molecule has 7 rings (SSSR count). The lowest BCUT2D eigenvalue weighted by Crippen LogP contribution is -2.38. The topological polar surface area (TPSA) is 96.8 Å². The maximum absolute atomic E-state index is 15.6. The molecule has 256 valence electrons. The van der Waals surface area contributed by atoms with Gasteiger partial charge >= 0.3 is 5.97 Å². The van der Waals surface area contributed by atoms with Gasteiger partial charge in [-0.2, -0.15) is 0 Å². The molecule has 1 N–H and O–H groups in total. The number of pyridine rings is 2. The first-order valence-electron chi connectivity index (χ1n) is 16.9. The molecule has 5 heterocycles. The Morgan fingerprint density at radius 2 is 1.86 bits per heavy atom. The Labute approximate surface area is 289 Å². The predicted molar refractivity (Wildman–Crippen MR) is 190 cm³/mol. The van der Waals surface area contributed by atoms with Gasteiger partial charge in [-0.3, -0.25) is 14.4 Å². The standard InChI is InChI=1S/C38H42FN5O4S/c1-22(45)48-21-30-28(15-26(39)16-32(30)44-13-10-27-29-17-38(2,3)18-33(29)49-35(27)37(44)47)25-14-31(36(46)43(5)20-25)41-34-7-6-24(19-40-34)23-8-11-42(4)12-9-23/h6-7,14-16,19-20,23H,8-13,17-18,21H2,1-5H3,(H,40,41). The van der Waals surface area contributed by atoms with Crippen molar-refractivity contribution in [1.29, 1.82) is 0 Å². The number of thiophene rings is 1. The molecule has 1 amide bonds. The Balaban J connectivity index is 1.23. The van der Waals surface area contributed by atoms with Crippen molar-refractivity contribution in [3.63, 3.8) is 0 Å². The van der Waals surface area contributed by atoms with Crippen LogP contribution in [0.15, 0.2) is 47.5 Å². The molecule has 1 aromatic carbocycles. The number of anilines is 3. The minimum Gasteiger partial charge on any atom is -0.461 e. The number of ether oxygens (including phenoxy) is 1. The molecule has 1 aliphatic carbocycles. The first-order valence-corrected chi connectivity index (χ1v) is 17.7. The Hall–Kier alpha value is -4.35. The highest BCUT2D eigenvalue weighted by Crippen LogP contribution is 2.46. The van der Waals surface area contributed by atoms with Crippen LogP contribution in [0.25, 0.3) is 11.1 Å². The van der Waals surface area contributed by atoms with Gasteiger partial charge in [-0.1, -0.05) is 19.9 Å². The molecule has 1 saturated heterocycles. The molecule has 49 heavy (non-hydrogen) atoms. The Kier molecular flexibility index (Phi) is 8.69. The summed E-state index contributed by atoms with van der Waals surface area (Å²) in [5.41, 5.74) is 5.56. The maximum Gasteiger partial charge on any atom is 0.302 e. The van der Waals surface area contributed by atoms with Gasteiger partial charge in [0.1, 0.15) is 23.9 Å². The van der Waals surface area contributed by atoms with E-state index < -0.39 is 11.8 Å². The number of nitrogens with zero attached hydrogens (tertiary/aromatic N) is 4. The zero-order valence-electron chi connectivity index (χ0n) is 28.7. The number of aryl methyl sites for hydroxylation is 1. The third-order valence-electron chi connectivity index (χ3n) is 10.2.